The van der Waals surface area contributed by atoms with Crippen LogP contribution in [0.2, 0.25) is 0 Å². The summed E-state index contributed by atoms with van der Waals surface area (Å²) < 4.78 is 40.2. The van der Waals surface area contributed by atoms with E-state index in [0.29, 0.717) is 11.8 Å². The van der Waals surface area contributed by atoms with Crippen LogP contribution in [0.4, 0.5) is 29.3 Å². The zero-order valence-electron chi connectivity index (χ0n) is 16.1. The molecule has 0 radical (unpaired) electrons. The number of fused-ring (bicyclic) bond motifs is 1. The highest BCUT2D eigenvalue weighted by Crippen LogP contribution is 2.34. The number of nitrogens with one attached hydrogen (secondary N) is 2. The number of aromatic nitrogens is 3. The smallest absolute Gasteiger partial charge is 0.416 e. The lowest BCUT2D eigenvalue weighted by molar-refractivity contribution is -0.137. The second kappa shape index (κ2) is 7.63. The van der Waals surface area contributed by atoms with Crippen molar-refractivity contribution in [3.63, 3.8) is 0 Å². The molecule has 2 heterocycles. The van der Waals surface area contributed by atoms with Crippen LogP contribution < -0.4 is 10.6 Å². The summed E-state index contributed by atoms with van der Waals surface area (Å²) in [4.78, 5) is 16.4. The van der Waals surface area contributed by atoms with Crippen molar-refractivity contribution in [1.82, 2.24) is 14.8 Å². The molecule has 3 N–H and O–H groups in total. The number of carbonyl (C=O) groups excluding carboxylic acids is 1. The molecular weight excluding hydrogens is 411 g/mol. The highest BCUT2D eigenvalue weighted by molar-refractivity contribution is 6.01. The zero-order valence-corrected chi connectivity index (χ0v) is 16.1. The molecule has 2 aromatic carbocycles. The molecule has 0 saturated carbocycles. The van der Waals surface area contributed by atoms with Crippen molar-refractivity contribution < 1.29 is 23.1 Å². The second-order valence-corrected chi connectivity index (χ2v) is 6.77. The van der Waals surface area contributed by atoms with Gasteiger partial charge < -0.3 is 15.7 Å². The largest absolute Gasteiger partial charge is 0.506 e. The van der Waals surface area contributed by atoms with Crippen molar-refractivity contribution >= 4 is 28.3 Å². The fourth-order valence-corrected chi connectivity index (χ4v) is 3.12. The Balaban J connectivity index is 1.50. The van der Waals surface area contributed by atoms with Crippen molar-refractivity contribution in [1.29, 1.82) is 0 Å². The number of pyridine rings is 1. The minimum absolute atomic E-state index is 0.349. The average molecular weight is 427 g/mol. The molecule has 0 spiro atoms. The first-order valence-electron chi connectivity index (χ1n) is 9.07. The van der Waals surface area contributed by atoms with E-state index >= 15 is 0 Å². The molecule has 31 heavy (non-hydrogen) atoms. The van der Waals surface area contributed by atoms with Gasteiger partial charge in [0.05, 0.1) is 29.2 Å². The third kappa shape index (κ3) is 4.13. The molecule has 4 aromatic rings. The number of phenolic OH excluding ortho intramolecular Hbond substituents is 1. The fraction of sp³-hybridized carbons (Fsp3) is 0.0952. The molecule has 0 fully saturated rings. The van der Waals surface area contributed by atoms with Gasteiger partial charge in [-0.25, -0.2) is 4.79 Å². The van der Waals surface area contributed by atoms with Gasteiger partial charge in [-0.15, -0.1) is 0 Å². The topological polar surface area (TPSA) is 92.1 Å². The highest BCUT2D eigenvalue weighted by atomic mass is 19.4. The number of amides is 2. The van der Waals surface area contributed by atoms with E-state index in [0.717, 1.165) is 34.2 Å². The second-order valence-electron chi connectivity index (χ2n) is 6.77. The number of halogens is 3. The molecule has 0 aliphatic heterocycles. The maximum absolute atomic E-state index is 12.8. The Hall–Kier alpha value is -4.08. The molecule has 2 amide bonds. The van der Waals surface area contributed by atoms with E-state index in [2.05, 4.69) is 20.7 Å². The first kappa shape index (κ1) is 20.2. The summed E-state index contributed by atoms with van der Waals surface area (Å²) in [5.74, 6) is -0.476. The van der Waals surface area contributed by atoms with E-state index in [1.807, 2.05) is 7.05 Å². The van der Waals surface area contributed by atoms with Gasteiger partial charge in [0.1, 0.15) is 5.75 Å². The Labute approximate surface area is 174 Å². The Morgan fingerprint density at radius 2 is 1.77 bits per heavy atom. The number of alkyl halides is 3. The maximum Gasteiger partial charge on any atom is 0.416 e. The molecule has 0 aliphatic carbocycles. The van der Waals surface area contributed by atoms with Gasteiger partial charge in [-0.2, -0.15) is 18.3 Å². The van der Waals surface area contributed by atoms with Crippen molar-refractivity contribution in [3.05, 3.63) is 66.6 Å². The minimum Gasteiger partial charge on any atom is -0.506 e. The third-order valence-electron chi connectivity index (χ3n) is 4.70. The van der Waals surface area contributed by atoms with Crippen molar-refractivity contribution in [3.8, 4) is 16.9 Å². The van der Waals surface area contributed by atoms with Crippen molar-refractivity contribution in [2.24, 2.45) is 7.05 Å². The Morgan fingerprint density at radius 1 is 1.03 bits per heavy atom. The molecule has 0 bridgehead atoms. The molecule has 0 atom stereocenters. The van der Waals surface area contributed by atoms with Crippen molar-refractivity contribution in [2.45, 2.75) is 6.18 Å². The molecular formula is C21H16F3N5O2. The van der Waals surface area contributed by atoms with Crippen LogP contribution in [0.1, 0.15) is 5.56 Å². The molecule has 7 nitrogen and oxygen atoms in total. The first-order valence-corrected chi connectivity index (χ1v) is 9.07. The quantitative estimate of drug-likeness (QED) is 0.401. The van der Waals surface area contributed by atoms with Crippen LogP contribution in [0.3, 0.4) is 0 Å². The summed E-state index contributed by atoms with van der Waals surface area (Å²) in [7, 11) is 1.82. The molecule has 4 rings (SSSR count). The number of hydrogen-bond acceptors (Lipinski definition) is 4. The molecule has 158 valence electrons. The van der Waals surface area contributed by atoms with Crippen LogP contribution in [-0.2, 0) is 13.2 Å². The van der Waals surface area contributed by atoms with Crippen LogP contribution in [0.25, 0.3) is 22.0 Å². The number of benzene rings is 2. The summed E-state index contributed by atoms with van der Waals surface area (Å²) in [6.07, 6.45) is 0.584. The van der Waals surface area contributed by atoms with Crippen molar-refractivity contribution in [2.75, 3.05) is 10.6 Å². The summed E-state index contributed by atoms with van der Waals surface area (Å²) in [5.41, 5.74) is 1.68. The van der Waals surface area contributed by atoms with Gasteiger partial charge in [-0.1, -0.05) is 12.1 Å². The molecule has 0 unspecified atom stereocenters. The van der Waals surface area contributed by atoms with Gasteiger partial charge in [0.2, 0.25) is 0 Å². The number of phenols is 1. The SMILES string of the molecule is Cn1ncc2c(-c3ccc(NC(=O)Nc4cc(C(F)(F)F)ccc4O)cc3)cncc21. The number of hydrogen-bond donors (Lipinski definition) is 3. The minimum atomic E-state index is -4.59. The number of aromatic hydroxyl groups is 1. The first-order chi connectivity index (χ1) is 14.7. The van der Waals surface area contributed by atoms with Crippen LogP contribution in [0, 0.1) is 0 Å². The lowest BCUT2D eigenvalue weighted by Gasteiger charge is -2.12. The molecule has 10 heteroatoms. The number of carbonyl (C=O) groups is 1. The summed E-state index contributed by atoms with van der Waals surface area (Å²) in [6.45, 7) is 0. The molecule has 0 saturated heterocycles. The summed E-state index contributed by atoms with van der Waals surface area (Å²) >= 11 is 0. The number of rotatable bonds is 3. The molecule has 0 aliphatic rings. The number of aryl methyl sites for hydroxylation is 1. The van der Waals surface area contributed by atoms with E-state index in [4.69, 9.17) is 0 Å². The third-order valence-corrected chi connectivity index (χ3v) is 4.70. The predicted molar refractivity (Wildman–Crippen MR) is 110 cm³/mol. The van der Waals surface area contributed by atoms with E-state index in [9.17, 15) is 23.1 Å². The van der Waals surface area contributed by atoms with Gasteiger partial charge in [0.15, 0.2) is 0 Å². The van der Waals surface area contributed by atoms with Gasteiger partial charge in [-0.3, -0.25) is 9.67 Å². The van der Waals surface area contributed by atoms with Gasteiger partial charge in [-0.05, 0) is 35.9 Å². The number of nitrogens with zero attached hydrogens (tertiary/aromatic N) is 3. The van der Waals surface area contributed by atoms with E-state index in [1.54, 1.807) is 47.5 Å². The van der Waals surface area contributed by atoms with Crippen LogP contribution in [0.5, 0.6) is 5.75 Å². The number of anilines is 2. The molecule has 2 aromatic heterocycles. The van der Waals surface area contributed by atoms with Gasteiger partial charge in [0, 0.05) is 29.9 Å². The highest BCUT2D eigenvalue weighted by Gasteiger charge is 2.31. The number of urea groups is 1. The average Bonchev–Trinajstić information content (AvgIpc) is 3.10. The fourth-order valence-electron chi connectivity index (χ4n) is 3.12. The van der Waals surface area contributed by atoms with E-state index < -0.39 is 23.5 Å². The lowest BCUT2D eigenvalue weighted by Crippen LogP contribution is -2.20. The van der Waals surface area contributed by atoms with Crippen LogP contribution >= 0.6 is 0 Å². The summed E-state index contributed by atoms with van der Waals surface area (Å²) in [5, 5.41) is 19.6. The standard InChI is InChI=1S/C21H16F3N5O2/c1-29-18-11-25-9-15(16(18)10-26-29)12-2-5-14(6-3-12)27-20(31)28-17-8-13(21(22,23)24)4-7-19(17)30/h2-11,30H,1H3,(H2,27,28,31). The zero-order chi connectivity index (χ0) is 22.2. The lowest BCUT2D eigenvalue weighted by atomic mass is 10.0. The van der Waals surface area contributed by atoms with Crippen LogP contribution in [-0.4, -0.2) is 25.9 Å². The Morgan fingerprint density at radius 3 is 2.48 bits per heavy atom. The van der Waals surface area contributed by atoms with E-state index in [1.165, 1.54) is 0 Å². The Kier molecular flexibility index (Phi) is 4.97. The monoisotopic (exact) mass is 427 g/mol. The Bertz CT molecular complexity index is 1270. The normalized spacial score (nSPS) is 11.5. The summed E-state index contributed by atoms with van der Waals surface area (Å²) in [6, 6.07) is 8.33. The van der Waals surface area contributed by atoms with Gasteiger partial charge >= 0.3 is 12.2 Å². The maximum atomic E-state index is 12.8. The van der Waals surface area contributed by atoms with E-state index in [-0.39, 0.29) is 5.69 Å². The van der Waals surface area contributed by atoms with Crippen LogP contribution in [0.15, 0.2) is 61.1 Å². The predicted octanol–water partition coefficient (Wildman–Crippen LogP) is 5.00. The van der Waals surface area contributed by atoms with Gasteiger partial charge in [0.25, 0.3) is 0 Å².